The number of hydrogen-bond acceptors (Lipinski definition) is 5. The van der Waals surface area contributed by atoms with E-state index in [4.69, 9.17) is 14.2 Å². The van der Waals surface area contributed by atoms with Gasteiger partial charge in [0.1, 0.15) is 0 Å². The van der Waals surface area contributed by atoms with Gasteiger partial charge in [0.05, 0.1) is 6.10 Å². The van der Waals surface area contributed by atoms with Crippen molar-refractivity contribution in [3.05, 3.63) is 0 Å². The number of carbonyl (C=O) groups excluding carboxylic acids is 2. The summed E-state index contributed by atoms with van der Waals surface area (Å²) < 4.78 is 16.1. The molecule has 0 aliphatic carbocycles. The molecule has 3 unspecified atom stereocenters. The Labute approximate surface area is 108 Å². The first-order valence-corrected chi connectivity index (χ1v) is 6.36. The van der Waals surface area contributed by atoms with Crippen LogP contribution in [0.25, 0.3) is 0 Å². The lowest BCUT2D eigenvalue weighted by Gasteiger charge is -2.43. The average molecular weight is 258 g/mol. The molecular formula is C13H22O5. The molecule has 1 fully saturated rings. The third kappa shape index (κ3) is 3.45. The van der Waals surface area contributed by atoms with Crippen LogP contribution in [0.3, 0.4) is 0 Å². The van der Waals surface area contributed by atoms with Crippen molar-refractivity contribution in [2.24, 2.45) is 11.8 Å². The summed E-state index contributed by atoms with van der Waals surface area (Å²) in [6.45, 7) is 8.72. The van der Waals surface area contributed by atoms with E-state index in [0.717, 1.165) is 6.42 Å². The first-order chi connectivity index (χ1) is 8.36. The van der Waals surface area contributed by atoms with E-state index in [1.54, 1.807) is 0 Å². The summed E-state index contributed by atoms with van der Waals surface area (Å²) in [5.74, 6) is -0.508. The van der Waals surface area contributed by atoms with Gasteiger partial charge in [-0.15, -0.1) is 0 Å². The number of esters is 2. The average Bonchev–Trinajstić information content (AvgIpc) is 2.27. The third-order valence-electron chi connectivity index (χ3n) is 3.50. The third-order valence-corrected chi connectivity index (χ3v) is 3.50. The van der Waals surface area contributed by atoms with Gasteiger partial charge in [-0.2, -0.15) is 0 Å². The SMILES string of the molecule is CCC1OC(OC(C)=O)C(OC(C)=O)[C@@H](C)[C@H]1C. The van der Waals surface area contributed by atoms with Gasteiger partial charge < -0.3 is 14.2 Å². The Kier molecular flexibility index (Phi) is 5.14. The molecule has 5 nitrogen and oxygen atoms in total. The monoisotopic (exact) mass is 258 g/mol. The van der Waals surface area contributed by atoms with Gasteiger partial charge in [-0.25, -0.2) is 0 Å². The summed E-state index contributed by atoms with van der Waals surface area (Å²) in [6, 6.07) is 0. The van der Waals surface area contributed by atoms with E-state index >= 15 is 0 Å². The van der Waals surface area contributed by atoms with Gasteiger partial charge >= 0.3 is 11.9 Å². The minimum atomic E-state index is -0.803. The van der Waals surface area contributed by atoms with Crippen molar-refractivity contribution >= 4 is 11.9 Å². The fourth-order valence-corrected chi connectivity index (χ4v) is 2.34. The second-order valence-electron chi connectivity index (χ2n) is 4.85. The Morgan fingerprint density at radius 1 is 1.06 bits per heavy atom. The van der Waals surface area contributed by atoms with Gasteiger partial charge in [-0.1, -0.05) is 20.8 Å². The van der Waals surface area contributed by atoms with E-state index in [2.05, 4.69) is 6.92 Å². The lowest BCUT2D eigenvalue weighted by molar-refractivity contribution is -0.266. The van der Waals surface area contributed by atoms with E-state index in [1.807, 2.05) is 13.8 Å². The van der Waals surface area contributed by atoms with Crippen LogP contribution >= 0.6 is 0 Å². The smallest absolute Gasteiger partial charge is 0.305 e. The minimum absolute atomic E-state index is 0.0103. The van der Waals surface area contributed by atoms with E-state index in [9.17, 15) is 9.59 Å². The van der Waals surface area contributed by atoms with E-state index < -0.39 is 24.3 Å². The van der Waals surface area contributed by atoms with Crippen molar-refractivity contribution in [2.45, 2.75) is 59.5 Å². The predicted molar refractivity (Wildman–Crippen MR) is 64.6 cm³/mol. The van der Waals surface area contributed by atoms with E-state index in [0.29, 0.717) is 0 Å². The Hall–Kier alpha value is -1.10. The van der Waals surface area contributed by atoms with Gasteiger partial charge in [-0.05, 0) is 12.3 Å². The van der Waals surface area contributed by atoms with Crippen LogP contribution in [0.15, 0.2) is 0 Å². The van der Waals surface area contributed by atoms with Crippen molar-refractivity contribution in [3.8, 4) is 0 Å². The summed E-state index contributed by atoms with van der Waals surface area (Å²) in [5.41, 5.74) is 0. The molecule has 5 heteroatoms. The first-order valence-electron chi connectivity index (χ1n) is 6.36. The highest BCUT2D eigenvalue weighted by atomic mass is 16.7. The standard InChI is InChI=1S/C13H22O5/c1-6-11-7(2)8(3)12(16-9(4)14)13(18-11)17-10(5)15/h7-8,11-13H,6H2,1-5H3/t7-,8+,11?,12?,13?/m1/s1. The largest absolute Gasteiger partial charge is 0.456 e. The molecule has 1 rings (SSSR count). The number of hydrogen-bond donors (Lipinski definition) is 0. The summed E-state index contributed by atoms with van der Waals surface area (Å²) in [7, 11) is 0. The molecule has 0 spiro atoms. The molecule has 18 heavy (non-hydrogen) atoms. The van der Waals surface area contributed by atoms with Gasteiger partial charge in [0.2, 0.25) is 6.29 Å². The molecule has 0 amide bonds. The molecule has 0 saturated carbocycles. The zero-order chi connectivity index (χ0) is 13.9. The maximum atomic E-state index is 11.1. The molecule has 0 N–H and O–H groups in total. The van der Waals surface area contributed by atoms with Crippen molar-refractivity contribution in [2.75, 3.05) is 0 Å². The summed E-state index contributed by atoms with van der Waals surface area (Å²) in [5, 5.41) is 0. The van der Waals surface area contributed by atoms with E-state index in [-0.39, 0.29) is 17.9 Å². The van der Waals surface area contributed by atoms with Crippen LogP contribution in [0.1, 0.15) is 41.0 Å². The Bertz CT molecular complexity index is 315. The maximum absolute atomic E-state index is 11.1. The first kappa shape index (κ1) is 15.0. The zero-order valence-corrected chi connectivity index (χ0v) is 11.6. The van der Waals surface area contributed by atoms with Crippen molar-refractivity contribution in [3.63, 3.8) is 0 Å². The Balaban J connectivity index is 2.86. The molecule has 5 atom stereocenters. The zero-order valence-electron chi connectivity index (χ0n) is 11.6. The molecule has 1 saturated heterocycles. The molecule has 1 aliphatic heterocycles. The van der Waals surface area contributed by atoms with Crippen LogP contribution in [0.2, 0.25) is 0 Å². The number of ether oxygens (including phenoxy) is 3. The predicted octanol–water partition coefficient (Wildman–Crippen LogP) is 1.89. The molecule has 0 aromatic heterocycles. The van der Waals surface area contributed by atoms with Crippen LogP contribution in [0.4, 0.5) is 0 Å². The number of carbonyl (C=O) groups is 2. The van der Waals surface area contributed by atoms with Gasteiger partial charge in [0.15, 0.2) is 6.10 Å². The van der Waals surface area contributed by atoms with Crippen LogP contribution in [-0.2, 0) is 23.8 Å². The topological polar surface area (TPSA) is 61.8 Å². The number of rotatable bonds is 3. The molecule has 1 aliphatic rings. The van der Waals surface area contributed by atoms with Gasteiger partial charge in [0.25, 0.3) is 0 Å². The van der Waals surface area contributed by atoms with Crippen LogP contribution < -0.4 is 0 Å². The van der Waals surface area contributed by atoms with Crippen LogP contribution in [0.5, 0.6) is 0 Å². The second-order valence-corrected chi connectivity index (χ2v) is 4.85. The highest BCUT2D eigenvalue weighted by Crippen LogP contribution is 2.34. The highest BCUT2D eigenvalue weighted by Gasteiger charge is 2.44. The molecule has 0 aromatic carbocycles. The lowest BCUT2D eigenvalue weighted by atomic mass is 9.82. The Morgan fingerprint density at radius 3 is 2.06 bits per heavy atom. The van der Waals surface area contributed by atoms with Crippen LogP contribution in [-0.4, -0.2) is 30.4 Å². The van der Waals surface area contributed by atoms with Crippen molar-refractivity contribution < 1.29 is 23.8 Å². The molecule has 0 radical (unpaired) electrons. The van der Waals surface area contributed by atoms with Gasteiger partial charge in [-0.3, -0.25) is 9.59 Å². The summed E-state index contributed by atoms with van der Waals surface area (Å²) in [6.07, 6.45) is -0.501. The van der Waals surface area contributed by atoms with Gasteiger partial charge in [0, 0.05) is 19.8 Å². The summed E-state index contributed by atoms with van der Waals surface area (Å²) in [4.78, 5) is 22.2. The quantitative estimate of drug-likeness (QED) is 0.723. The van der Waals surface area contributed by atoms with Crippen LogP contribution in [0, 0.1) is 11.8 Å². The van der Waals surface area contributed by atoms with Crippen molar-refractivity contribution in [1.82, 2.24) is 0 Å². The minimum Gasteiger partial charge on any atom is -0.456 e. The molecular weight excluding hydrogens is 236 g/mol. The maximum Gasteiger partial charge on any atom is 0.305 e. The van der Waals surface area contributed by atoms with E-state index in [1.165, 1.54) is 13.8 Å². The summed E-state index contributed by atoms with van der Waals surface area (Å²) >= 11 is 0. The second kappa shape index (κ2) is 6.18. The molecule has 0 aromatic rings. The fraction of sp³-hybridized carbons (Fsp3) is 0.846. The van der Waals surface area contributed by atoms with Crippen molar-refractivity contribution in [1.29, 1.82) is 0 Å². The highest BCUT2D eigenvalue weighted by molar-refractivity contribution is 5.67. The molecule has 1 heterocycles. The fourth-order valence-electron chi connectivity index (χ4n) is 2.34. The molecule has 104 valence electrons. The lowest BCUT2D eigenvalue weighted by Crippen LogP contribution is -2.52. The molecule has 0 bridgehead atoms. The Morgan fingerprint density at radius 2 is 1.61 bits per heavy atom. The normalized spacial score (nSPS) is 35.9.